The number of rotatable bonds is 3. The van der Waals surface area contributed by atoms with Crippen LogP contribution in [-0.4, -0.2) is 15.9 Å². The number of aryl methyl sites for hydroxylation is 1. The minimum absolute atomic E-state index is 0.184. The van der Waals surface area contributed by atoms with E-state index in [2.05, 4.69) is 22.2 Å². The highest BCUT2D eigenvalue weighted by Crippen LogP contribution is 2.23. The van der Waals surface area contributed by atoms with E-state index in [1.54, 1.807) is 12.3 Å². The lowest BCUT2D eigenvalue weighted by Crippen LogP contribution is -2.31. The Hall–Kier alpha value is -2.43. The van der Waals surface area contributed by atoms with Gasteiger partial charge in [-0.3, -0.25) is 14.6 Å². The molecule has 2 aromatic rings. The zero-order valence-electron chi connectivity index (χ0n) is 12.6. The Kier molecular flexibility index (Phi) is 4.04. The Morgan fingerprint density at radius 1 is 1.45 bits per heavy atom. The SMILES string of the molecule is C[C@@H]1CCc2[nH]c(=O)c(C(=O)NCc3ccccn3)cc2C1. The molecule has 2 aromatic heterocycles. The van der Waals surface area contributed by atoms with E-state index in [0.717, 1.165) is 36.2 Å². The molecule has 5 nitrogen and oxygen atoms in total. The highest BCUT2D eigenvalue weighted by molar-refractivity contribution is 5.94. The van der Waals surface area contributed by atoms with Crippen LogP contribution >= 0.6 is 0 Å². The fourth-order valence-electron chi connectivity index (χ4n) is 2.82. The predicted molar refractivity (Wildman–Crippen MR) is 83.7 cm³/mol. The number of H-pyrrole nitrogens is 1. The Bertz CT molecular complexity index is 737. The van der Waals surface area contributed by atoms with E-state index >= 15 is 0 Å². The zero-order valence-corrected chi connectivity index (χ0v) is 12.6. The summed E-state index contributed by atoms with van der Waals surface area (Å²) < 4.78 is 0. The second-order valence-electron chi connectivity index (χ2n) is 5.87. The molecule has 0 unspecified atom stereocenters. The van der Waals surface area contributed by atoms with Crippen molar-refractivity contribution in [2.45, 2.75) is 32.7 Å². The predicted octanol–water partition coefficient (Wildman–Crippen LogP) is 1.82. The monoisotopic (exact) mass is 297 g/mol. The third-order valence-electron chi connectivity index (χ3n) is 4.07. The molecule has 0 fully saturated rings. The standard InChI is InChI=1S/C17H19N3O2/c1-11-5-6-15-12(8-11)9-14(17(22)20-15)16(21)19-10-13-4-2-3-7-18-13/h2-4,7,9,11H,5-6,8,10H2,1H3,(H,19,21)(H,20,22)/t11-/m1/s1. The molecule has 1 aliphatic rings. The molecule has 0 saturated heterocycles. The van der Waals surface area contributed by atoms with Crippen molar-refractivity contribution in [3.63, 3.8) is 0 Å². The molecule has 2 heterocycles. The second kappa shape index (κ2) is 6.13. The molecule has 22 heavy (non-hydrogen) atoms. The Labute approximate surface area is 128 Å². The van der Waals surface area contributed by atoms with Crippen molar-refractivity contribution in [3.05, 3.63) is 63.3 Å². The van der Waals surface area contributed by atoms with Crippen LogP contribution in [0.1, 0.15) is 40.7 Å². The largest absolute Gasteiger partial charge is 0.346 e. The van der Waals surface area contributed by atoms with Gasteiger partial charge in [0.2, 0.25) is 0 Å². The lowest BCUT2D eigenvalue weighted by atomic mass is 9.87. The molecule has 0 aromatic carbocycles. The van der Waals surface area contributed by atoms with Crippen molar-refractivity contribution >= 4 is 5.91 Å². The van der Waals surface area contributed by atoms with Gasteiger partial charge in [0.15, 0.2) is 0 Å². The summed E-state index contributed by atoms with van der Waals surface area (Å²) in [5.74, 6) is 0.232. The molecule has 1 amide bonds. The first-order chi connectivity index (χ1) is 10.6. The van der Waals surface area contributed by atoms with Crippen molar-refractivity contribution in [1.29, 1.82) is 0 Å². The van der Waals surface area contributed by atoms with E-state index in [9.17, 15) is 9.59 Å². The number of hydrogen-bond acceptors (Lipinski definition) is 3. The average Bonchev–Trinajstić information content (AvgIpc) is 2.53. The van der Waals surface area contributed by atoms with Crippen molar-refractivity contribution < 1.29 is 4.79 Å². The van der Waals surface area contributed by atoms with Crippen LogP contribution in [0.5, 0.6) is 0 Å². The molecule has 0 radical (unpaired) electrons. The molecule has 0 spiro atoms. The quantitative estimate of drug-likeness (QED) is 0.907. The molecule has 1 atom stereocenters. The first kappa shape index (κ1) is 14.5. The van der Waals surface area contributed by atoms with Crippen molar-refractivity contribution in [1.82, 2.24) is 15.3 Å². The van der Waals surface area contributed by atoms with Gasteiger partial charge in [-0.25, -0.2) is 0 Å². The highest BCUT2D eigenvalue weighted by Gasteiger charge is 2.20. The van der Waals surface area contributed by atoms with Crippen LogP contribution in [0.4, 0.5) is 0 Å². The number of pyridine rings is 2. The number of nitrogens with one attached hydrogen (secondary N) is 2. The average molecular weight is 297 g/mol. The van der Waals surface area contributed by atoms with Crippen LogP contribution in [0.2, 0.25) is 0 Å². The smallest absolute Gasteiger partial charge is 0.261 e. The zero-order chi connectivity index (χ0) is 15.5. The van der Waals surface area contributed by atoms with Gasteiger partial charge in [0.1, 0.15) is 5.56 Å². The number of nitrogens with zero attached hydrogens (tertiary/aromatic N) is 1. The number of carbonyl (C=O) groups is 1. The van der Waals surface area contributed by atoms with Crippen molar-refractivity contribution in [3.8, 4) is 0 Å². The van der Waals surface area contributed by atoms with Crippen molar-refractivity contribution in [2.75, 3.05) is 0 Å². The molecule has 2 N–H and O–H groups in total. The number of fused-ring (bicyclic) bond motifs is 1. The summed E-state index contributed by atoms with van der Waals surface area (Å²) in [6.07, 6.45) is 4.54. The minimum atomic E-state index is -0.354. The number of aromatic amines is 1. The summed E-state index contributed by atoms with van der Waals surface area (Å²) in [5, 5.41) is 2.75. The molecule has 1 aliphatic carbocycles. The minimum Gasteiger partial charge on any atom is -0.346 e. The van der Waals surface area contributed by atoms with Gasteiger partial charge in [0.05, 0.1) is 12.2 Å². The van der Waals surface area contributed by atoms with E-state index in [1.165, 1.54) is 0 Å². The van der Waals surface area contributed by atoms with Crippen molar-refractivity contribution in [2.24, 2.45) is 5.92 Å². The van der Waals surface area contributed by atoms with Gasteiger partial charge in [-0.1, -0.05) is 13.0 Å². The van der Waals surface area contributed by atoms with Gasteiger partial charge < -0.3 is 10.3 Å². The second-order valence-corrected chi connectivity index (χ2v) is 5.87. The molecular weight excluding hydrogens is 278 g/mol. The van der Waals surface area contributed by atoms with Crippen LogP contribution < -0.4 is 10.9 Å². The third kappa shape index (κ3) is 3.08. The first-order valence-corrected chi connectivity index (χ1v) is 7.56. The fourth-order valence-corrected chi connectivity index (χ4v) is 2.82. The van der Waals surface area contributed by atoms with Gasteiger partial charge in [0.25, 0.3) is 11.5 Å². The normalized spacial score (nSPS) is 16.9. The van der Waals surface area contributed by atoms with Gasteiger partial charge in [-0.15, -0.1) is 0 Å². The summed E-state index contributed by atoms with van der Waals surface area (Å²) >= 11 is 0. The van der Waals surface area contributed by atoms with E-state index in [4.69, 9.17) is 0 Å². The lowest BCUT2D eigenvalue weighted by Gasteiger charge is -2.21. The number of aromatic nitrogens is 2. The highest BCUT2D eigenvalue weighted by atomic mass is 16.2. The van der Waals surface area contributed by atoms with Crippen LogP contribution in [0, 0.1) is 5.92 Å². The number of hydrogen-bond donors (Lipinski definition) is 2. The first-order valence-electron chi connectivity index (χ1n) is 7.56. The molecule has 5 heteroatoms. The molecule has 0 saturated carbocycles. The molecule has 3 rings (SSSR count). The summed E-state index contributed by atoms with van der Waals surface area (Å²) in [7, 11) is 0. The third-order valence-corrected chi connectivity index (χ3v) is 4.07. The summed E-state index contributed by atoms with van der Waals surface area (Å²) in [4.78, 5) is 31.4. The van der Waals surface area contributed by atoms with E-state index in [0.29, 0.717) is 12.5 Å². The summed E-state index contributed by atoms with van der Waals surface area (Å²) in [6, 6.07) is 7.26. The van der Waals surface area contributed by atoms with E-state index in [1.807, 2.05) is 18.2 Å². The Morgan fingerprint density at radius 3 is 3.09 bits per heavy atom. The molecule has 114 valence electrons. The summed E-state index contributed by atoms with van der Waals surface area (Å²) in [5.41, 5.74) is 2.69. The summed E-state index contributed by atoms with van der Waals surface area (Å²) in [6.45, 7) is 2.50. The van der Waals surface area contributed by atoms with Crippen LogP contribution in [0.15, 0.2) is 35.3 Å². The molecular formula is C17H19N3O2. The van der Waals surface area contributed by atoms with Gasteiger partial charge in [-0.2, -0.15) is 0 Å². The lowest BCUT2D eigenvalue weighted by molar-refractivity contribution is 0.0948. The number of amides is 1. The number of carbonyl (C=O) groups excluding carboxylic acids is 1. The van der Waals surface area contributed by atoms with Crippen LogP contribution in [-0.2, 0) is 19.4 Å². The van der Waals surface area contributed by atoms with Crippen LogP contribution in [0.3, 0.4) is 0 Å². The van der Waals surface area contributed by atoms with Gasteiger partial charge >= 0.3 is 0 Å². The maximum absolute atomic E-state index is 12.2. The van der Waals surface area contributed by atoms with E-state index in [-0.39, 0.29) is 17.0 Å². The topological polar surface area (TPSA) is 74.8 Å². The maximum Gasteiger partial charge on any atom is 0.261 e. The molecule has 0 bridgehead atoms. The van der Waals surface area contributed by atoms with Gasteiger partial charge in [0, 0.05) is 11.9 Å². The Balaban J connectivity index is 1.78. The van der Waals surface area contributed by atoms with E-state index < -0.39 is 0 Å². The fraction of sp³-hybridized carbons (Fsp3) is 0.353. The molecule has 0 aliphatic heterocycles. The van der Waals surface area contributed by atoms with Crippen LogP contribution in [0.25, 0.3) is 0 Å². The van der Waals surface area contributed by atoms with Gasteiger partial charge in [-0.05, 0) is 48.9 Å². The maximum atomic E-state index is 12.2. The Morgan fingerprint density at radius 2 is 2.32 bits per heavy atom.